The molecular formula is C25H22N6O. The van der Waals surface area contributed by atoms with Crippen LogP contribution in [0.3, 0.4) is 0 Å². The van der Waals surface area contributed by atoms with Gasteiger partial charge in [-0.2, -0.15) is 4.52 Å². The fraction of sp³-hybridized carbons (Fsp3) is 0.160. The minimum absolute atomic E-state index is 0.720. The predicted octanol–water partition coefficient (Wildman–Crippen LogP) is 4.52. The number of fused-ring (bicyclic) bond motifs is 3. The van der Waals surface area contributed by atoms with Gasteiger partial charge in [0, 0.05) is 40.8 Å². The van der Waals surface area contributed by atoms with Crippen molar-refractivity contribution >= 4 is 33.6 Å². The average molecular weight is 422 g/mol. The zero-order valence-corrected chi connectivity index (χ0v) is 17.5. The molecule has 7 nitrogen and oxygen atoms in total. The lowest BCUT2D eigenvalue weighted by atomic mass is 10.1. The molecule has 6 rings (SSSR count). The van der Waals surface area contributed by atoms with E-state index in [1.165, 1.54) is 5.69 Å². The summed E-state index contributed by atoms with van der Waals surface area (Å²) in [5.74, 6) is 1.49. The summed E-state index contributed by atoms with van der Waals surface area (Å²) < 4.78 is 7.28. The molecule has 0 spiro atoms. The van der Waals surface area contributed by atoms with E-state index in [0.717, 1.165) is 65.6 Å². The molecule has 1 saturated heterocycles. The number of rotatable bonds is 4. The van der Waals surface area contributed by atoms with Gasteiger partial charge in [-0.15, -0.1) is 15.3 Å². The molecule has 0 radical (unpaired) electrons. The summed E-state index contributed by atoms with van der Waals surface area (Å²) in [6.45, 7) is 3.40. The molecule has 2 aromatic heterocycles. The molecule has 7 heteroatoms. The molecular weight excluding hydrogens is 400 g/mol. The van der Waals surface area contributed by atoms with Crippen LogP contribution in [-0.4, -0.2) is 46.1 Å². The van der Waals surface area contributed by atoms with Crippen molar-refractivity contribution in [3.63, 3.8) is 0 Å². The van der Waals surface area contributed by atoms with Crippen LogP contribution in [-0.2, 0) is 4.74 Å². The third-order valence-electron chi connectivity index (χ3n) is 5.80. The van der Waals surface area contributed by atoms with Crippen LogP contribution in [0, 0.1) is 0 Å². The molecule has 5 aromatic rings. The second kappa shape index (κ2) is 7.94. The summed E-state index contributed by atoms with van der Waals surface area (Å²) in [5.41, 5.74) is 3.90. The van der Waals surface area contributed by atoms with Gasteiger partial charge in [0.2, 0.25) is 0 Å². The van der Waals surface area contributed by atoms with Crippen molar-refractivity contribution in [3.8, 4) is 11.4 Å². The van der Waals surface area contributed by atoms with E-state index in [9.17, 15) is 0 Å². The number of anilines is 3. The van der Waals surface area contributed by atoms with Gasteiger partial charge >= 0.3 is 0 Å². The van der Waals surface area contributed by atoms with Gasteiger partial charge in [-0.1, -0.05) is 54.6 Å². The Bertz CT molecular complexity index is 1370. The molecule has 0 bridgehead atoms. The van der Waals surface area contributed by atoms with Crippen LogP contribution in [0.1, 0.15) is 0 Å². The van der Waals surface area contributed by atoms with E-state index in [0.29, 0.717) is 0 Å². The number of aromatic nitrogens is 4. The SMILES string of the molecule is c1ccc(-c2nnc3c4ccccc4c(Nc4ccc(N5CCOCC5)cc4)nn23)cc1. The van der Waals surface area contributed by atoms with E-state index < -0.39 is 0 Å². The van der Waals surface area contributed by atoms with Crippen molar-refractivity contribution in [1.82, 2.24) is 19.8 Å². The Morgan fingerprint density at radius 2 is 1.47 bits per heavy atom. The molecule has 0 amide bonds. The first kappa shape index (κ1) is 18.8. The van der Waals surface area contributed by atoms with Crippen molar-refractivity contribution < 1.29 is 4.74 Å². The molecule has 1 aliphatic heterocycles. The summed E-state index contributed by atoms with van der Waals surface area (Å²) in [5, 5.41) is 19.3. The summed E-state index contributed by atoms with van der Waals surface area (Å²) in [7, 11) is 0. The van der Waals surface area contributed by atoms with E-state index in [4.69, 9.17) is 9.84 Å². The number of nitrogens with one attached hydrogen (secondary N) is 1. The Hall–Kier alpha value is -3.97. The minimum atomic E-state index is 0.720. The summed E-state index contributed by atoms with van der Waals surface area (Å²) >= 11 is 0. The summed E-state index contributed by atoms with van der Waals surface area (Å²) in [6.07, 6.45) is 0. The number of hydrogen-bond donors (Lipinski definition) is 1. The average Bonchev–Trinajstić information content (AvgIpc) is 3.30. The molecule has 3 aromatic carbocycles. The second-order valence-corrected chi connectivity index (χ2v) is 7.79. The van der Waals surface area contributed by atoms with Crippen LogP contribution in [0.2, 0.25) is 0 Å². The van der Waals surface area contributed by atoms with E-state index in [-0.39, 0.29) is 0 Å². The van der Waals surface area contributed by atoms with Gasteiger partial charge in [-0.25, -0.2) is 0 Å². The highest BCUT2D eigenvalue weighted by Gasteiger charge is 2.16. The number of nitrogens with zero attached hydrogens (tertiary/aromatic N) is 5. The smallest absolute Gasteiger partial charge is 0.186 e. The highest BCUT2D eigenvalue weighted by Crippen LogP contribution is 2.30. The number of ether oxygens (including phenoxy) is 1. The Labute approximate surface area is 185 Å². The molecule has 1 aliphatic rings. The zero-order valence-electron chi connectivity index (χ0n) is 17.5. The first-order valence-electron chi connectivity index (χ1n) is 10.8. The van der Waals surface area contributed by atoms with E-state index in [2.05, 4.69) is 56.8 Å². The van der Waals surface area contributed by atoms with E-state index in [1.54, 1.807) is 0 Å². The maximum Gasteiger partial charge on any atom is 0.186 e. The van der Waals surface area contributed by atoms with Crippen LogP contribution in [0.25, 0.3) is 27.8 Å². The lowest BCUT2D eigenvalue weighted by Gasteiger charge is -2.28. The number of hydrogen-bond acceptors (Lipinski definition) is 6. The molecule has 0 atom stereocenters. The zero-order chi connectivity index (χ0) is 21.3. The van der Waals surface area contributed by atoms with Crippen LogP contribution >= 0.6 is 0 Å². The van der Waals surface area contributed by atoms with Crippen molar-refractivity contribution in [1.29, 1.82) is 0 Å². The second-order valence-electron chi connectivity index (χ2n) is 7.79. The molecule has 0 saturated carbocycles. The standard InChI is InChI=1S/C25H22N6O/c1-2-6-18(7-3-1)24-27-28-25-22-9-5-4-8-21(22)23(29-31(24)25)26-19-10-12-20(13-11-19)30-14-16-32-17-15-30/h1-13H,14-17H2,(H,26,29). The Morgan fingerprint density at radius 1 is 0.750 bits per heavy atom. The lowest BCUT2D eigenvalue weighted by molar-refractivity contribution is 0.122. The summed E-state index contributed by atoms with van der Waals surface area (Å²) in [4.78, 5) is 2.34. The summed E-state index contributed by atoms with van der Waals surface area (Å²) in [6, 6.07) is 26.6. The highest BCUT2D eigenvalue weighted by molar-refractivity contribution is 6.01. The molecule has 158 valence electrons. The van der Waals surface area contributed by atoms with Crippen LogP contribution in [0.4, 0.5) is 17.2 Å². The molecule has 32 heavy (non-hydrogen) atoms. The van der Waals surface area contributed by atoms with Crippen LogP contribution < -0.4 is 10.2 Å². The van der Waals surface area contributed by atoms with Gasteiger partial charge in [0.25, 0.3) is 0 Å². The van der Waals surface area contributed by atoms with Crippen molar-refractivity contribution in [2.24, 2.45) is 0 Å². The molecule has 0 unspecified atom stereocenters. The number of morpholine rings is 1. The van der Waals surface area contributed by atoms with Crippen molar-refractivity contribution in [2.45, 2.75) is 0 Å². The molecule has 3 heterocycles. The maximum absolute atomic E-state index is 5.46. The fourth-order valence-corrected chi connectivity index (χ4v) is 4.15. The minimum Gasteiger partial charge on any atom is -0.378 e. The van der Waals surface area contributed by atoms with Gasteiger partial charge in [-0.3, -0.25) is 0 Å². The van der Waals surface area contributed by atoms with Gasteiger partial charge in [0.05, 0.1) is 13.2 Å². The Balaban J connectivity index is 1.41. The topological polar surface area (TPSA) is 67.6 Å². The first-order valence-corrected chi connectivity index (χ1v) is 10.8. The van der Waals surface area contributed by atoms with Gasteiger partial charge in [-0.05, 0) is 24.3 Å². The predicted molar refractivity (Wildman–Crippen MR) is 126 cm³/mol. The van der Waals surface area contributed by atoms with E-state index in [1.807, 2.05) is 47.0 Å². The quantitative estimate of drug-likeness (QED) is 0.459. The van der Waals surface area contributed by atoms with Gasteiger partial charge < -0.3 is 15.0 Å². The highest BCUT2D eigenvalue weighted by atomic mass is 16.5. The van der Waals surface area contributed by atoms with E-state index >= 15 is 0 Å². The third-order valence-corrected chi connectivity index (χ3v) is 5.80. The lowest BCUT2D eigenvalue weighted by Crippen LogP contribution is -2.36. The Morgan fingerprint density at radius 3 is 2.25 bits per heavy atom. The fourth-order valence-electron chi connectivity index (χ4n) is 4.15. The largest absolute Gasteiger partial charge is 0.378 e. The molecule has 1 fully saturated rings. The first-order chi connectivity index (χ1) is 15.9. The van der Waals surface area contributed by atoms with Crippen molar-refractivity contribution in [2.75, 3.05) is 36.5 Å². The van der Waals surface area contributed by atoms with Crippen LogP contribution in [0.15, 0.2) is 78.9 Å². The number of benzene rings is 3. The third kappa shape index (κ3) is 3.33. The van der Waals surface area contributed by atoms with Crippen LogP contribution in [0.5, 0.6) is 0 Å². The van der Waals surface area contributed by atoms with Crippen molar-refractivity contribution in [3.05, 3.63) is 78.9 Å². The Kier molecular flexibility index (Phi) is 4.66. The molecule has 1 N–H and O–H groups in total. The monoisotopic (exact) mass is 422 g/mol. The van der Waals surface area contributed by atoms with Gasteiger partial charge in [0.1, 0.15) is 0 Å². The normalized spacial score (nSPS) is 14.2. The van der Waals surface area contributed by atoms with Gasteiger partial charge in [0.15, 0.2) is 17.3 Å². The molecule has 0 aliphatic carbocycles. The maximum atomic E-state index is 5.46.